The Balaban J connectivity index is 1.60. The number of esters is 1. The number of likely N-dealkylation sites (tertiary alicyclic amines) is 1. The van der Waals surface area contributed by atoms with E-state index in [2.05, 4.69) is 6.92 Å². The number of nitrogens with zero attached hydrogens (tertiary/aromatic N) is 1. The minimum Gasteiger partial charge on any atom is -0.450 e. The minimum atomic E-state index is -0.643. The van der Waals surface area contributed by atoms with Crippen LogP contribution in [0.3, 0.4) is 0 Å². The Morgan fingerprint density at radius 3 is 3.00 bits per heavy atom. The van der Waals surface area contributed by atoms with Gasteiger partial charge in [0.25, 0.3) is 5.91 Å². The number of rotatable bonds is 3. The fraction of sp³-hybridized carbons (Fsp3) is 0.412. The van der Waals surface area contributed by atoms with Gasteiger partial charge in [0, 0.05) is 23.5 Å². The van der Waals surface area contributed by atoms with E-state index < -0.39 is 5.97 Å². The van der Waals surface area contributed by atoms with Gasteiger partial charge in [-0.05, 0) is 43.0 Å². The lowest BCUT2D eigenvalue weighted by Gasteiger charge is -2.30. The first kappa shape index (κ1) is 15.9. The maximum Gasteiger partial charge on any atom is 0.374 e. The Kier molecular flexibility index (Phi) is 4.57. The molecule has 5 nitrogen and oxygen atoms in total. The normalized spacial score (nSPS) is 18.2. The molecule has 6 heteroatoms. The number of fused-ring (bicyclic) bond motifs is 1. The fourth-order valence-corrected chi connectivity index (χ4v) is 3.00. The Morgan fingerprint density at radius 1 is 1.39 bits per heavy atom. The molecule has 2 heterocycles. The summed E-state index contributed by atoms with van der Waals surface area (Å²) in [7, 11) is 0. The van der Waals surface area contributed by atoms with Gasteiger partial charge in [-0.15, -0.1) is 0 Å². The number of carbonyl (C=O) groups is 2. The molecule has 122 valence electrons. The van der Waals surface area contributed by atoms with Crippen molar-refractivity contribution in [2.24, 2.45) is 5.92 Å². The van der Waals surface area contributed by atoms with Crippen molar-refractivity contribution < 1.29 is 18.7 Å². The van der Waals surface area contributed by atoms with Gasteiger partial charge in [0.05, 0.1) is 0 Å². The van der Waals surface area contributed by atoms with Gasteiger partial charge in [0.15, 0.2) is 6.61 Å². The number of amides is 1. The van der Waals surface area contributed by atoms with Crippen LogP contribution in [0.4, 0.5) is 0 Å². The van der Waals surface area contributed by atoms with Gasteiger partial charge in [-0.3, -0.25) is 4.79 Å². The molecule has 2 aromatic rings. The average molecular weight is 336 g/mol. The summed E-state index contributed by atoms with van der Waals surface area (Å²) < 4.78 is 10.5. The van der Waals surface area contributed by atoms with Crippen LogP contribution in [0.2, 0.25) is 5.02 Å². The van der Waals surface area contributed by atoms with E-state index in [1.807, 2.05) is 0 Å². The Morgan fingerprint density at radius 2 is 2.22 bits per heavy atom. The summed E-state index contributed by atoms with van der Waals surface area (Å²) in [5.74, 6) is -0.245. The molecule has 1 unspecified atom stereocenters. The second-order valence-electron chi connectivity index (χ2n) is 5.96. The molecule has 1 aliphatic heterocycles. The molecule has 23 heavy (non-hydrogen) atoms. The van der Waals surface area contributed by atoms with Crippen LogP contribution < -0.4 is 0 Å². The van der Waals surface area contributed by atoms with Crippen LogP contribution in [0.5, 0.6) is 0 Å². The van der Waals surface area contributed by atoms with Crippen molar-refractivity contribution in [3.63, 3.8) is 0 Å². The standard InChI is InChI=1S/C17H18ClNO4/c1-11-3-2-6-19(9-11)16(20)10-22-17(21)15-8-12-7-13(18)4-5-14(12)23-15/h4-5,7-8,11H,2-3,6,9-10H2,1H3. The van der Waals surface area contributed by atoms with Gasteiger partial charge in [-0.25, -0.2) is 4.79 Å². The predicted octanol–water partition coefficient (Wildman–Crippen LogP) is 3.50. The molecule has 1 saturated heterocycles. The summed E-state index contributed by atoms with van der Waals surface area (Å²) in [6.45, 7) is 3.30. The summed E-state index contributed by atoms with van der Waals surface area (Å²) in [5, 5.41) is 1.29. The molecule has 1 aliphatic rings. The van der Waals surface area contributed by atoms with Crippen molar-refractivity contribution in [3.8, 4) is 0 Å². The van der Waals surface area contributed by atoms with E-state index in [4.69, 9.17) is 20.8 Å². The van der Waals surface area contributed by atoms with E-state index >= 15 is 0 Å². The van der Waals surface area contributed by atoms with Gasteiger partial charge in [0.2, 0.25) is 5.76 Å². The average Bonchev–Trinajstić information content (AvgIpc) is 2.95. The van der Waals surface area contributed by atoms with Gasteiger partial charge >= 0.3 is 5.97 Å². The van der Waals surface area contributed by atoms with Crippen LogP contribution in [0.1, 0.15) is 30.3 Å². The highest BCUT2D eigenvalue weighted by Gasteiger charge is 2.23. The first-order valence-corrected chi connectivity index (χ1v) is 8.05. The van der Waals surface area contributed by atoms with Crippen molar-refractivity contribution in [1.82, 2.24) is 4.90 Å². The van der Waals surface area contributed by atoms with Crippen LogP contribution in [-0.2, 0) is 9.53 Å². The zero-order chi connectivity index (χ0) is 16.4. The van der Waals surface area contributed by atoms with Crippen LogP contribution in [0, 0.1) is 5.92 Å². The predicted molar refractivity (Wildman–Crippen MR) is 86.5 cm³/mol. The van der Waals surface area contributed by atoms with Gasteiger partial charge in [-0.1, -0.05) is 18.5 Å². The lowest BCUT2D eigenvalue weighted by atomic mass is 10.0. The third-order valence-corrected chi connectivity index (χ3v) is 4.25. The lowest BCUT2D eigenvalue weighted by Crippen LogP contribution is -2.41. The Labute approximate surface area is 139 Å². The third-order valence-electron chi connectivity index (χ3n) is 4.02. The van der Waals surface area contributed by atoms with Crippen LogP contribution >= 0.6 is 11.6 Å². The highest BCUT2D eigenvalue weighted by atomic mass is 35.5. The second kappa shape index (κ2) is 6.62. The smallest absolute Gasteiger partial charge is 0.374 e. The zero-order valence-electron chi connectivity index (χ0n) is 12.9. The molecule has 1 aromatic heterocycles. The van der Waals surface area contributed by atoms with Crippen LogP contribution in [0.15, 0.2) is 28.7 Å². The number of piperidine rings is 1. The van der Waals surface area contributed by atoms with Gasteiger partial charge < -0.3 is 14.1 Å². The highest BCUT2D eigenvalue weighted by Crippen LogP contribution is 2.23. The summed E-state index contributed by atoms with van der Waals surface area (Å²) >= 11 is 5.90. The van der Waals surface area contributed by atoms with Crippen molar-refractivity contribution in [2.45, 2.75) is 19.8 Å². The number of furan rings is 1. The maximum absolute atomic E-state index is 12.1. The molecule has 0 saturated carbocycles. The van der Waals surface area contributed by atoms with E-state index in [9.17, 15) is 9.59 Å². The Hall–Kier alpha value is -2.01. The number of ether oxygens (including phenoxy) is 1. The number of hydrogen-bond donors (Lipinski definition) is 0. The quantitative estimate of drug-likeness (QED) is 0.805. The molecule has 1 fully saturated rings. The maximum atomic E-state index is 12.1. The SMILES string of the molecule is CC1CCCN(C(=O)COC(=O)c2cc3cc(Cl)ccc3o2)C1. The van der Waals surface area contributed by atoms with E-state index in [1.165, 1.54) is 0 Å². The minimum absolute atomic E-state index is 0.0714. The first-order chi connectivity index (χ1) is 11.0. The van der Waals surface area contributed by atoms with Crippen molar-refractivity contribution in [1.29, 1.82) is 0 Å². The number of benzene rings is 1. The van der Waals surface area contributed by atoms with Crippen LogP contribution in [-0.4, -0.2) is 36.5 Å². The molecular formula is C17H18ClNO4. The van der Waals surface area contributed by atoms with E-state index in [1.54, 1.807) is 29.2 Å². The number of hydrogen-bond acceptors (Lipinski definition) is 4. The Bertz CT molecular complexity index is 739. The highest BCUT2D eigenvalue weighted by molar-refractivity contribution is 6.31. The third kappa shape index (κ3) is 3.67. The van der Waals surface area contributed by atoms with Crippen molar-refractivity contribution >= 4 is 34.4 Å². The summed E-state index contributed by atoms with van der Waals surface area (Å²) in [4.78, 5) is 25.9. The van der Waals surface area contributed by atoms with Crippen molar-refractivity contribution in [3.05, 3.63) is 35.0 Å². The topological polar surface area (TPSA) is 59.8 Å². The summed E-state index contributed by atoms with van der Waals surface area (Å²) in [5.41, 5.74) is 0.553. The number of carbonyl (C=O) groups excluding carboxylic acids is 2. The second-order valence-corrected chi connectivity index (χ2v) is 6.39. The molecule has 0 spiro atoms. The van der Waals surface area contributed by atoms with E-state index in [0.717, 1.165) is 31.3 Å². The van der Waals surface area contributed by atoms with Gasteiger partial charge in [0.1, 0.15) is 5.58 Å². The van der Waals surface area contributed by atoms with E-state index in [-0.39, 0.29) is 18.3 Å². The van der Waals surface area contributed by atoms with Crippen molar-refractivity contribution in [2.75, 3.05) is 19.7 Å². The molecule has 1 amide bonds. The van der Waals surface area contributed by atoms with E-state index in [0.29, 0.717) is 16.5 Å². The summed E-state index contributed by atoms with van der Waals surface area (Å²) in [6, 6.07) is 6.65. The molecule has 0 N–H and O–H groups in total. The molecule has 1 atom stereocenters. The zero-order valence-corrected chi connectivity index (χ0v) is 13.6. The molecule has 0 bridgehead atoms. The first-order valence-electron chi connectivity index (χ1n) is 7.67. The molecule has 1 aromatic carbocycles. The van der Waals surface area contributed by atoms with Crippen LogP contribution in [0.25, 0.3) is 11.0 Å². The molecular weight excluding hydrogens is 318 g/mol. The lowest BCUT2D eigenvalue weighted by molar-refractivity contribution is -0.136. The monoisotopic (exact) mass is 335 g/mol. The van der Waals surface area contributed by atoms with Gasteiger partial charge in [-0.2, -0.15) is 0 Å². The molecule has 0 aliphatic carbocycles. The summed E-state index contributed by atoms with van der Waals surface area (Å²) in [6.07, 6.45) is 2.12. The molecule has 0 radical (unpaired) electrons. The fourth-order valence-electron chi connectivity index (χ4n) is 2.82. The number of halogens is 1. The molecule has 3 rings (SSSR count). The largest absolute Gasteiger partial charge is 0.450 e.